The van der Waals surface area contributed by atoms with Crippen molar-refractivity contribution in [1.29, 1.82) is 0 Å². The fourth-order valence-corrected chi connectivity index (χ4v) is 3.52. The van der Waals surface area contributed by atoms with Crippen LogP contribution in [-0.2, 0) is 4.79 Å². The second-order valence-corrected chi connectivity index (χ2v) is 7.33. The number of H-pyrrole nitrogens is 1. The third kappa shape index (κ3) is 2.73. The largest absolute Gasteiger partial charge is 0.464 e. The highest BCUT2D eigenvalue weighted by molar-refractivity contribution is 5.83. The number of furan rings is 1. The fraction of sp³-hybridized carbons (Fsp3) is 0.400. The number of nitrogens with zero attached hydrogens (tertiary/aromatic N) is 1. The maximum Gasteiger partial charge on any atom is 0.224 e. The van der Waals surface area contributed by atoms with Gasteiger partial charge in [0.25, 0.3) is 0 Å². The molecule has 2 aliphatic carbocycles. The highest BCUT2D eigenvalue weighted by Gasteiger charge is 2.46. The van der Waals surface area contributed by atoms with Gasteiger partial charge in [-0.05, 0) is 50.5 Å². The molecule has 2 aliphatic rings. The molecule has 2 aromatic heterocycles. The number of amides is 1. The number of para-hydroxylation sites is 2. The molecular weight excluding hydrogens is 314 g/mol. The number of carbonyl (C=O) groups excluding carboxylic acids is 1. The highest BCUT2D eigenvalue weighted by Crippen LogP contribution is 2.47. The van der Waals surface area contributed by atoms with Crippen LogP contribution in [0.1, 0.15) is 61.4 Å². The van der Waals surface area contributed by atoms with Crippen molar-refractivity contribution in [3.63, 3.8) is 0 Å². The summed E-state index contributed by atoms with van der Waals surface area (Å²) >= 11 is 0. The second kappa shape index (κ2) is 5.48. The minimum Gasteiger partial charge on any atom is -0.464 e. The summed E-state index contributed by atoms with van der Waals surface area (Å²) in [5.41, 5.74) is 1.99. The molecule has 2 heterocycles. The van der Waals surface area contributed by atoms with Gasteiger partial charge in [0.15, 0.2) is 0 Å². The quantitative estimate of drug-likeness (QED) is 0.740. The Labute approximate surface area is 145 Å². The van der Waals surface area contributed by atoms with Gasteiger partial charge in [0, 0.05) is 17.8 Å². The Hall–Kier alpha value is -2.56. The van der Waals surface area contributed by atoms with Crippen LogP contribution in [0.4, 0.5) is 0 Å². The monoisotopic (exact) mass is 335 g/mol. The zero-order valence-electron chi connectivity index (χ0n) is 14.2. The molecule has 25 heavy (non-hydrogen) atoms. The van der Waals surface area contributed by atoms with Crippen molar-refractivity contribution in [1.82, 2.24) is 15.3 Å². The van der Waals surface area contributed by atoms with E-state index in [0.717, 1.165) is 34.8 Å². The van der Waals surface area contributed by atoms with Gasteiger partial charge in [-0.15, -0.1) is 0 Å². The van der Waals surface area contributed by atoms with Crippen LogP contribution in [0.25, 0.3) is 11.0 Å². The van der Waals surface area contributed by atoms with Gasteiger partial charge in [-0.2, -0.15) is 0 Å². The van der Waals surface area contributed by atoms with Gasteiger partial charge in [-0.1, -0.05) is 12.1 Å². The lowest BCUT2D eigenvalue weighted by Crippen LogP contribution is -2.28. The first kappa shape index (κ1) is 14.8. The van der Waals surface area contributed by atoms with E-state index < -0.39 is 0 Å². The standard InChI is InChI=1S/C20H21N3O2/c1-11(17-8-9-18(25-17)12-6-7-12)21-20(24)14-10-13(14)19-22-15-4-2-3-5-16(15)23-19/h2-5,8-9,11-14H,6-7,10H2,1H3,(H,21,24)(H,22,23)/t11-,13+,14?/m1/s1. The van der Waals surface area contributed by atoms with Gasteiger partial charge in [-0.25, -0.2) is 4.98 Å². The lowest BCUT2D eigenvalue weighted by molar-refractivity contribution is -0.123. The molecule has 0 aliphatic heterocycles. The van der Waals surface area contributed by atoms with Gasteiger partial charge >= 0.3 is 0 Å². The Morgan fingerprint density at radius 2 is 2.12 bits per heavy atom. The van der Waals surface area contributed by atoms with E-state index in [-0.39, 0.29) is 23.8 Å². The Morgan fingerprint density at radius 1 is 1.28 bits per heavy atom. The van der Waals surface area contributed by atoms with Crippen molar-refractivity contribution >= 4 is 16.9 Å². The molecule has 5 nitrogen and oxygen atoms in total. The summed E-state index contributed by atoms with van der Waals surface area (Å²) in [5, 5.41) is 3.09. The lowest BCUT2D eigenvalue weighted by atomic mass is 10.2. The van der Waals surface area contributed by atoms with Gasteiger partial charge in [0.05, 0.1) is 17.1 Å². The molecule has 1 unspecified atom stereocenters. The van der Waals surface area contributed by atoms with Crippen molar-refractivity contribution in [2.45, 2.75) is 44.1 Å². The fourth-order valence-electron chi connectivity index (χ4n) is 3.52. The van der Waals surface area contributed by atoms with Crippen molar-refractivity contribution in [3.05, 3.63) is 53.7 Å². The molecule has 1 amide bonds. The molecule has 0 radical (unpaired) electrons. The van der Waals surface area contributed by atoms with Crippen LogP contribution in [-0.4, -0.2) is 15.9 Å². The predicted octanol–water partition coefficient (Wildman–Crippen LogP) is 4.01. The topological polar surface area (TPSA) is 70.9 Å². The summed E-state index contributed by atoms with van der Waals surface area (Å²) in [6.45, 7) is 1.98. The molecular formula is C20H21N3O2. The first-order valence-corrected chi connectivity index (χ1v) is 9.03. The number of rotatable bonds is 5. The Kier molecular flexibility index (Phi) is 3.23. The Balaban J connectivity index is 1.24. The average Bonchev–Trinajstić information content (AvgIpc) is 3.53. The molecule has 2 N–H and O–H groups in total. The highest BCUT2D eigenvalue weighted by atomic mass is 16.3. The number of carbonyl (C=O) groups is 1. The van der Waals surface area contributed by atoms with E-state index in [1.165, 1.54) is 12.8 Å². The van der Waals surface area contributed by atoms with Crippen LogP contribution in [0.3, 0.4) is 0 Å². The maximum atomic E-state index is 12.5. The molecule has 2 fully saturated rings. The maximum absolute atomic E-state index is 12.5. The summed E-state index contributed by atoms with van der Waals surface area (Å²) < 4.78 is 5.89. The molecule has 5 heteroatoms. The molecule has 0 spiro atoms. The molecule has 1 aromatic carbocycles. The van der Waals surface area contributed by atoms with Crippen molar-refractivity contribution in [2.75, 3.05) is 0 Å². The predicted molar refractivity (Wildman–Crippen MR) is 94.2 cm³/mol. The molecule has 0 saturated heterocycles. The third-order valence-electron chi connectivity index (χ3n) is 5.30. The van der Waals surface area contributed by atoms with E-state index >= 15 is 0 Å². The Bertz CT molecular complexity index is 904. The number of hydrogen-bond acceptors (Lipinski definition) is 3. The van der Waals surface area contributed by atoms with Gasteiger partial charge in [-0.3, -0.25) is 4.79 Å². The van der Waals surface area contributed by atoms with Crippen LogP contribution in [0.15, 0.2) is 40.8 Å². The van der Waals surface area contributed by atoms with Crippen LogP contribution in [0.5, 0.6) is 0 Å². The zero-order valence-corrected chi connectivity index (χ0v) is 14.2. The van der Waals surface area contributed by atoms with E-state index in [9.17, 15) is 4.79 Å². The van der Waals surface area contributed by atoms with Crippen molar-refractivity contribution in [3.8, 4) is 0 Å². The van der Waals surface area contributed by atoms with E-state index in [2.05, 4.69) is 15.3 Å². The number of fused-ring (bicyclic) bond motifs is 1. The smallest absolute Gasteiger partial charge is 0.224 e. The number of hydrogen-bond donors (Lipinski definition) is 2. The Morgan fingerprint density at radius 3 is 2.92 bits per heavy atom. The first-order chi connectivity index (χ1) is 12.2. The summed E-state index contributed by atoms with van der Waals surface area (Å²) in [6, 6.07) is 11.9. The van der Waals surface area contributed by atoms with Crippen molar-refractivity contribution < 1.29 is 9.21 Å². The summed E-state index contributed by atoms with van der Waals surface area (Å²) in [7, 11) is 0. The molecule has 3 aromatic rings. The minimum absolute atomic E-state index is 0.000812. The molecule has 2 saturated carbocycles. The summed E-state index contributed by atoms with van der Waals surface area (Å²) in [4.78, 5) is 20.5. The molecule has 0 bridgehead atoms. The van der Waals surface area contributed by atoms with Gasteiger partial charge < -0.3 is 14.7 Å². The molecule has 5 rings (SSSR count). The number of benzene rings is 1. The number of imidazole rings is 1. The SMILES string of the molecule is C[C@@H](NC(=O)C1C[C@@H]1c1nc2ccccc2[nH]1)c1ccc(C2CC2)o1. The van der Waals surface area contributed by atoms with Crippen LogP contribution < -0.4 is 5.32 Å². The number of aromatic nitrogens is 2. The van der Waals surface area contributed by atoms with Crippen molar-refractivity contribution in [2.24, 2.45) is 5.92 Å². The molecule has 128 valence electrons. The number of nitrogens with one attached hydrogen (secondary N) is 2. The van der Waals surface area contributed by atoms with Crippen LogP contribution in [0, 0.1) is 5.92 Å². The molecule has 3 atom stereocenters. The van der Waals surface area contributed by atoms with E-state index in [4.69, 9.17) is 4.42 Å². The second-order valence-electron chi connectivity index (χ2n) is 7.33. The average molecular weight is 335 g/mol. The van der Waals surface area contributed by atoms with E-state index in [1.807, 2.05) is 43.3 Å². The number of aromatic amines is 1. The van der Waals surface area contributed by atoms with E-state index in [0.29, 0.717) is 5.92 Å². The van der Waals surface area contributed by atoms with Crippen LogP contribution >= 0.6 is 0 Å². The normalized spacial score (nSPS) is 23.6. The summed E-state index contributed by atoms with van der Waals surface area (Å²) in [6.07, 6.45) is 3.29. The van der Waals surface area contributed by atoms with E-state index in [1.54, 1.807) is 0 Å². The first-order valence-electron chi connectivity index (χ1n) is 9.03. The van der Waals surface area contributed by atoms with Crippen LogP contribution in [0.2, 0.25) is 0 Å². The summed E-state index contributed by atoms with van der Waals surface area (Å²) in [5.74, 6) is 3.70. The minimum atomic E-state index is -0.100. The zero-order chi connectivity index (χ0) is 17.0. The lowest BCUT2D eigenvalue weighted by Gasteiger charge is -2.11. The van der Waals surface area contributed by atoms with Gasteiger partial charge in [0.2, 0.25) is 5.91 Å². The van der Waals surface area contributed by atoms with Gasteiger partial charge in [0.1, 0.15) is 17.3 Å². The third-order valence-corrected chi connectivity index (χ3v) is 5.30.